The molecule has 9 heteroatoms. The van der Waals surface area contributed by atoms with E-state index < -0.39 is 10.0 Å². The number of rotatable bonds is 4. The van der Waals surface area contributed by atoms with E-state index in [2.05, 4.69) is 21.2 Å². The van der Waals surface area contributed by atoms with E-state index in [9.17, 15) is 13.2 Å². The van der Waals surface area contributed by atoms with Crippen LogP contribution in [-0.4, -0.2) is 63.3 Å². The van der Waals surface area contributed by atoms with E-state index in [4.69, 9.17) is 0 Å². The molecule has 1 aromatic heterocycles. The van der Waals surface area contributed by atoms with Crippen LogP contribution in [0.3, 0.4) is 0 Å². The molecule has 2 heterocycles. The van der Waals surface area contributed by atoms with Gasteiger partial charge in [0.25, 0.3) is 0 Å². The number of carbonyl (C=O) groups is 1. The lowest BCUT2D eigenvalue weighted by Crippen LogP contribution is -2.50. The summed E-state index contributed by atoms with van der Waals surface area (Å²) in [6.07, 6.45) is 0. The van der Waals surface area contributed by atoms with Gasteiger partial charge in [-0.2, -0.15) is 4.31 Å². The Morgan fingerprint density at radius 2 is 2.00 bits per heavy atom. The number of piperazine rings is 1. The summed E-state index contributed by atoms with van der Waals surface area (Å²) >= 11 is 4.75. The number of amides is 1. The zero-order chi connectivity index (χ0) is 15.6. The molecule has 6 nitrogen and oxygen atoms in total. The van der Waals surface area contributed by atoms with Crippen molar-refractivity contribution in [1.82, 2.24) is 14.5 Å². The number of nitrogens with zero attached hydrogens (tertiary/aromatic N) is 2. The molecular formula is C12H18BrN3O3S2. The van der Waals surface area contributed by atoms with E-state index >= 15 is 0 Å². The number of hydrogen-bond acceptors (Lipinski definition) is 5. The first-order valence-electron chi connectivity index (χ1n) is 6.53. The van der Waals surface area contributed by atoms with E-state index in [0.717, 1.165) is 8.66 Å². The summed E-state index contributed by atoms with van der Waals surface area (Å²) in [6.45, 7) is 4.07. The summed E-state index contributed by atoms with van der Waals surface area (Å²) in [6, 6.07) is 1.66. The maximum Gasteiger partial charge on any atom is 0.244 e. The summed E-state index contributed by atoms with van der Waals surface area (Å²) in [7, 11) is -1.85. The van der Waals surface area contributed by atoms with Crippen molar-refractivity contribution in [1.29, 1.82) is 0 Å². The Kier molecular flexibility index (Phi) is 5.42. The van der Waals surface area contributed by atoms with Crippen LogP contribution in [0, 0.1) is 6.92 Å². The summed E-state index contributed by atoms with van der Waals surface area (Å²) in [5, 5.41) is 2.57. The quantitative estimate of drug-likeness (QED) is 0.820. The summed E-state index contributed by atoms with van der Waals surface area (Å²) < 4.78 is 27.6. The van der Waals surface area contributed by atoms with Crippen molar-refractivity contribution < 1.29 is 13.2 Å². The van der Waals surface area contributed by atoms with Gasteiger partial charge >= 0.3 is 0 Å². The van der Waals surface area contributed by atoms with Gasteiger partial charge in [0.05, 0.1) is 15.2 Å². The van der Waals surface area contributed by atoms with Crippen LogP contribution in [0.2, 0.25) is 0 Å². The normalized spacial score (nSPS) is 17.9. The molecule has 1 N–H and O–H groups in total. The lowest BCUT2D eigenvalue weighted by Gasteiger charge is -2.33. The largest absolute Gasteiger partial charge is 0.358 e. The molecule has 1 fully saturated rings. The van der Waals surface area contributed by atoms with Gasteiger partial charge in [0.1, 0.15) is 0 Å². The van der Waals surface area contributed by atoms with Gasteiger partial charge < -0.3 is 5.32 Å². The third-order valence-electron chi connectivity index (χ3n) is 3.44. The molecule has 0 unspecified atom stereocenters. The van der Waals surface area contributed by atoms with Crippen LogP contribution in [0.25, 0.3) is 0 Å². The van der Waals surface area contributed by atoms with E-state index in [0.29, 0.717) is 37.6 Å². The standard InChI is InChI=1S/C12H18BrN3O3S2/c1-9-10(7-11(13)20-9)21(18,19)16-5-3-15(4-6-16)8-12(17)14-2/h7H,3-6,8H2,1-2H3,(H,14,17). The molecule has 1 amide bonds. The molecule has 1 aliphatic heterocycles. The lowest BCUT2D eigenvalue weighted by atomic mass is 10.3. The van der Waals surface area contributed by atoms with Gasteiger partial charge in [0, 0.05) is 38.1 Å². The van der Waals surface area contributed by atoms with Crippen LogP contribution in [-0.2, 0) is 14.8 Å². The number of hydrogen-bond donors (Lipinski definition) is 1. The predicted octanol–water partition coefficient (Wildman–Crippen LogP) is 0.871. The zero-order valence-electron chi connectivity index (χ0n) is 11.9. The van der Waals surface area contributed by atoms with Crippen molar-refractivity contribution in [3.63, 3.8) is 0 Å². The maximum atomic E-state index is 12.6. The number of sulfonamides is 1. The van der Waals surface area contributed by atoms with Gasteiger partial charge in [0.15, 0.2) is 0 Å². The van der Waals surface area contributed by atoms with Gasteiger partial charge in [-0.3, -0.25) is 9.69 Å². The highest BCUT2D eigenvalue weighted by Gasteiger charge is 2.30. The highest BCUT2D eigenvalue weighted by Crippen LogP contribution is 2.31. The molecule has 0 radical (unpaired) electrons. The van der Waals surface area contributed by atoms with Crippen LogP contribution in [0.1, 0.15) is 4.88 Å². The number of thiophene rings is 1. The van der Waals surface area contributed by atoms with Gasteiger partial charge in [-0.25, -0.2) is 8.42 Å². The van der Waals surface area contributed by atoms with E-state index in [-0.39, 0.29) is 5.91 Å². The summed E-state index contributed by atoms with van der Waals surface area (Å²) in [4.78, 5) is 14.5. The SMILES string of the molecule is CNC(=O)CN1CCN(S(=O)(=O)c2cc(Br)sc2C)CC1. The molecule has 1 aromatic rings. The molecule has 2 rings (SSSR count). The van der Waals surface area contributed by atoms with Gasteiger partial charge in [-0.15, -0.1) is 11.3 Å². The number of aryl methyl sites for hydroxylation is 1. The van der Waals surface area contributed by atoms with E-state index in [1.165, 1.54) is 15.6 Å². The van der Waals surface area contributed by atoms with Gasteiger partial charge in [0.2, 0.25) is 15.9 Å². The fraction of sp³-hybridized carbons (Fsp3) is 0.583. The number of nitrogens with one attached hydrogen (secondary N) is 1. The Bertz CT molecular complexity index is 622. The molecule has 1 saturated heterocycles. The minimum atomic E-state index is -3.44. The van der Waals surface area contributed by atoms with Crippen molar-refractivity contribution in [3.8, 4) is 0 Å². The topological polar surface area (TPSA) is 69.7 Å². The Labute approximate surface area is 137 Å². The lowest BCUT2D eigenvalue weighted by molar-refractivity contribution is -0.122. The first-order valence-corrected chi connectivity index (χ1v) is 9.58. The molecule has 118 valence electrons. The average Bonchev–Trinajstić information content (AvgIpc) is 2.79. The minimum Gasteiger partial charge on any atom is -0.358 e. The van der Waals surface area contributed by atoms with E-state index in [1.807, 2.05) is 11.8 Å². The van der Waals surface area contributed by atoms with Crippen LogP contribution in [0.15, 0.2) is 14.7 Å². The van der Waals surface area contributed by atoms with Crippen molar-refractivity contribution in [3.05, 3.63) is 14.7 Å². The second-order valence-corrected chi connectivity index (χ2v) is 9.37. The third-order valence-corrected chi connectivity index (χ3v) is 7.14. The van der Waals surface area contributed by atoms with E-state index in [1.54, 1.807) is 13.1 Å². The monoisotopic (exact) mass is 395 g/mol. The first-order chi connectivity index (χ1) is 9.84. The number of likely N-dealkylation sites (N-methyl/N-ethyl adjacent to an activating group) is 1. The van der Waals surface area contributed by atoms with Crippen LogP contribution in [0.5, 0.6) is 0 Å². The minimum absolute atomic E-state index is 0.0519. The fourth-order valence-electron chi connectivity index (χ4n) is 2.24. The second kappa shape index (κ2) is 6.74. The smallest absolute Gasteiger partial charge is 0.244 e. The van der Waals surface area contributed by atoms with Crippen molar-refractivity contribution >= 4 is 43.2 Å². The van der Waals surface area contributed by atoms with Gasteiger partial charge in [-0.05, 0) is 28.9 Å². The Morgan fingerprint density at radius 1 is 1.38 bits per heavy atom. The summed E-state index contributed by atoms with van der Waals surface area (Å²) in [5.74, 6) is -0.0519. The van der Waals surface area contributed by atoms with Crippen LogP contribution in [0.4, 0.5) is 0 Å². The van der Waals surface area contributed by atoms with Crippen molar-refractivity contribution in [2.75, 3.05) is 39.8 Å². The Morgan fingerprint density at radius 3 is 2.48 bits per heavy atom. The van der Waals surface area contributed by atoms with Crippen LogP contribution < -0.4 is 5.32 Å². The second-order valence-electron chi connectivity index (χ2n) is 4.82. The van der Waals surface area contributed by atoms with Crippen LogP contribution >= 0.6 is 27.3 Å². The third kappa shape index (κ3) is 3.84. The number of carbonyl (C=O) groups excluding carboxylic acids is 1. The summed E-state index contributed by atoms with van der Waals surface area (Å²) in [5.41, 5.74) is 0. The Hall–Kier alpha value is -0.480. The highest BCUT2D eigenvalue weighted by molar-refractivity contribution is 9.11. The van der Waals surface area contributed by atoms with Crippen molar-refractivity contribution in [2.24, 2.45) is 0 Å². The molecule has 0 saturated carbocycles. The molecule has 0 aromatic carbocycles. The predicted molar refractivity (Wildman–Crippen MR) is 86.0 cm³/mol. The molecular weight excluding hydrogens is 378 g/mol. The molecule has 0 spiro atoms. The molecule has 0 atom stereocenters. The van der Waals surface area contributed by atoms with Gasteiger partial charge in [-0.1, -0.05) is 0 Å². The Balaban J connectivity index is 2.04. The molecule has 0 bridgehead atoms. The fourth-order valence-corrected chi connectivity index (χ4v) is 6.04. The number of halogens is 1. The molecule has 0 aliphatic carbocycles. The zero-order valence-corrected chi connectivity index (χ0v) is 15.1. The highest BCUT2D eigenvalue weighted by atomic mass is 79.9. The molecule has 1 aliphatic rings. The first kappa shape index (κ1) is 16.9. The maximum absolute atomic E-state index is 12.6. The average molecular weight is 396 g/mol. The van der Waals surface area contributed by atoms with Crippen molar-refractivity contribution in [2.45, 2.75) is 11.8 Å². The molecule has 21 heavy (non-hydrogen) atoms.